The van der Waals surface area contributed by atoms with Crippen molar-refractivity contribution in [2.24, 2.45) is 28.3 Å². The van der Waals surface area contributed by atoms with Crippen LogP contribution < -0.4 is 27.4 Å². The quantitative estimate of drug-likeness (QED) is 0.0798. The molecule has 0 aromatic heterocycles. The van der Waals surface area contributed by atoms with E-state index in [1.54, 1.807) is 44.2 Å². The van der Waals surface area contributed by atoms with Gasteiger partial charge in [0.25, 0.3) is 0 Å². The van der Waals surface area contributed by atoms with Gasteiger partial charge in [-0.25, -0.2) is 0 Å². The van der Waals surface area contributed by atoms with Gasteiger partial charge in [-0.2, -0.15) is 0 Å². The molecule has 0 spiro atoms. The molecule has 198 valence electrons. The fraction of sp³-hybridized carbons (Fsp3) is 0.500. The van der Waals surface area contributed by atoms with Crippen LogP contribution in [0.25, 0.3) is 0 Å². The third-order valence-electron chi connectivity index (χ3n) is 5.21. The van der Waals surface area contributed by atoms with Gasteiger partial charge >= 0.3 is 0 Å². The highest BCUT2D eigenvalue weighted by atomic mass is 16.2. The fourth-order valence-electron chi connectivity index (χ4n) is 3.33. The highest BCUT2D eigenvalue weighted by Crippen LogP contribution is 2.08. The van der Waals surface area contributed by atoms with Crippen LogP contribution in [0.1, 0.15) is 57.3 Å². The van der Waals surface area contributed by atoms with Crippen LogP contribution in [0.3, 0.4) is 0 Å². The van der Waals surface area contributed by atoms with Crippen molar-refractivity contribution in [3.63, 3.8) is 0 Å². The molecule has 1 aromatic carbocycles. The summed E-state index contributed by atoms with van der Waals surface area (Å²) in [5, 5.41) is 8.26. The van der Waals surface area contributed by atoms with Gasteiger partial charge in [0.1, 0.15) is 12.1 Å². The molecule has 0 radical (unpaired) electrons. The van der Waals surface area contributed by atoms with Gasteiger partial charge in [0.15, 0.2) is 11.7 Å². The van der Waals surface area contributed by atoms with Crippen LogP contribution in [0.2, 0.25) is 0 Å². The Morgan fingerprint density at radius 2 is 1.58 bits per heavy atom. The van der Waals surface area contributed by atoms with Gasteiger partial charge in [-0.3, -0.25) is 24.2 Å². The number of benzene rings is 1. The normalized spacial score (nSPS) is 12.7. The predicted octanol–water partition coefficient (Wildman–Crippen LogP) is 1.27. The molecule has 1 rings (SSSR count). The average Bonchev–Trinajstić information content (AvgIpc) is 2.82. The molecule has 0 aliphatic heterocycles. The lowest BCUT2D eigenvalue weighted by molar-refractivity contribution is -0.132. The van der Waals surface area contributed by atoms with Crippen molar-refractivity contribution >= 4 is 29.5 Å². The maximum absolute atomic E-state index is 13.0. The van der Waals surface area contributed by atoms with Crippen molar-refractivity contribution in [2.45, 2.75) is 59.0 Å². The number of aliphatic imine (C=N–C) groups is 1. The van der Waals surface area contributed by atoms with Gasteiger partial charge in [-0.1, -0.05) is 58.0 Å². The Hall–Kier alpha value is -3.69. The highest BCUT2D eigenvalue weighted by molar-refractivity contribution is 6.08. The van der Waals surface area contributed by atoms with Crippen molar-refractivity contribution in [1.82, 2.24) is 16.0 Å². The highest BCUT2D eigenvalue weighted by Gasteiger charge is 2.28. The monoisotopic (exact) mass is 500 g/mol. The molecule has 36 heavy (non-hydrogen) atoms. The summed E-state index contributed by atoms with van der Waals surface area (Å²) in [6.07, 6.45) is 4.11. The molecule has 2 atom stereocenters. The molecule has 10 heteroatoms. The molecule has 3 amide bonds. The first-order valence-corrected chi connectivity index (χ1v) is 12.2. The van der Waals surface area contributed by atoms with Crippen molar-refractivity contribution in [3.05, 3.63) is 48.0 Å². The summed E-state index contributed by atoms with van der Waals surface area (Å²) in [6.45, 7) is 8.39. The lowest BCUT2D eigenvalue weighted by Crippen LogP contribution is -2.55. The first kappa shape index (κ1) is 30.3. The topological polar surface area (TPSA) is 169 Å². The molecule has 0 saturated heterocycles. The number of allylic oxidation sites excluding steroid dienone is 1. The number of amides is 3. The molecule has 0 aliphatic rings. The molecular formula is C26H40N6O4. The third kappa shape index (κ3) is 12.1. The lowest BCUT2D eigenvalue weighted by Gasteiger charge is -2.25. The molecule has 10 nitrogen and oxygen atoms in total. The second-order valence-electron chi connectivity index (χ2n) is 9.29. The number of nitrogens with zero attached hydrogens (tertiary/aromatic N) is 1. The van der Waals surface area contributed by atoms with Crippen LogP contribution in [0.4, 0.5) is 0 Å². The van der Waals surface area contributed by atoms with Gasteiger partial charge in [-0.15, -0.1) is 0 Å². The molecule has 7 N–H and O–H groups in total. The van der Waals surface area contributed by atoms with Crippen LogP contribution in [0, 0.1) is 11.8 Å². The van der Waals surface area contributed by atoms with E-state index in [-0.39, 0.29) is 29.5 Å². The Balaban J connectivity index is 2.72. The van der Waals surface area contributed by atoms with Crippen molar-refractivity contribution < 1.29 is 19.2 Å². The smallest absolute Gasteiger partial charge is 0.244 e. The minimum atomic E-state index is -0.879. The molecule has 0 saturated carbocycles. The molecular weight excluding hydrogens is 460 g/mol. The number of carbonyl (C=O) groups is 4. The van der Waals surface area contributed by atoms with E-state index in [0.29, 0.717) is 37.9 Å². The molecule has 1 aromatic rings. The zero-order valence-corrected chi connectivity index (χ0v) is 21.6. The van der Waals surface area contributed by atoms with Crippen molar-refractivity contribution in [3.8, 4) is 0 Å². The number of nitrogens with one attached hydrogen (secondary N) is 3. The van der Waals surface area contributed by atoms with Crippen molar-refractivity contribution in [2.75, 3.05) is 13.1 Å². The van der Waals surface area contributed by atoms with E-state index in [1.807, 2.05) is 13.8 Å². The lowest BCUT2D eigenvalue weighted by atomic mass is 9.99. The van der Waals surface area contributed by atoms with Crippen LogP contribution in [0.5, 0.6) is 0 Å². The van der Waals surface area contributed by atoms with Crippen LogP contribution in [-0.4, -0.2) is 54.6 Å². The average molecular weight is 501 g/mol. The van der Waals surface area contributed by atoms with E-state index in [1.165, 1.54) is 6.08 Å². The fourth-order valence-corrected chi connectivity index (χ4v) is 3.33. The zero-order valence-electron chi connectivity index (χ0n) is 21.6. The maximum atomic E-state index is 13.0. The van der Waals surface area contributed by atoms with Crippen LogP contribution in [-0.2, 0) is 14.4 Å². The van der Waals surface area contributed by atoms with Gasteiger partial charge < -0.3 is 27.4 Å². The second-order valence-corrected chi connectivity index (χ2v) is 9.29. The zero-order chi connectivity index (χ0) is 27.1. The Morgan fingerprint density at radius 1 is 0.917 bits per heavy atom. The van der Waals surface area contributed by atoms with Gasteiger partial charge in [0.2, 0.25) is 17.7 Å². The van der Waals surface area contributed by atoms with Crippen LogP contribution >= 0.6 is 0 Å². The molecule has 2 unspecified atom stereocenters. The SMILES string of the molecule is CC(C)CC(NC(=O)C(NC(=O)/C=C/C(=O)c1ccccc1)C(C)C)C(=O)NCCCCN=C(N)N. The minimum Gasteiger partial charge on any atom is -0.370 e. The summed E-state index contributed by atoms with van der Waals surface area (Å²) in [5.41, 5.74) is 11.0. The summed E-state index contributed by atoms with van der Waals surface area (Å²) >= 11 is 0. The minimum absolute atomic E-state index is 0.0313. The van der Waals surface area contributed by atoms with E-state index >= 15 is 0 Å². The maximum Gasteiger partial charge on any atom is 0.244 e. The van der Waals surface area contributed by atoms with Gasteiger partial charge in [-0.05, 0) is 37.2 Å². The number of nitrogens with two attached hydrogens (primary N) is 2. The van der Waals surface area contributed by atoms with E-state index in [0.717, 1.165) is 6.08 Å². The third-order valence-corrected chi connectivity index (χ3v) is 5.21. The van der Waals surface area contributed by atoms with E-state index in [9.17, 15) is 19.2 Å². The number of guanidine groups is 1. The number of carbonyl (C=O) groups excluding carboxylic acids is 4. The summed E-state index contributed by atoms with van der Waals surface area (Å²) in [6, 6.07) is 6.94. The summed E-state index contributed by atoms with van der Waals surface area (Å²) in [7, 11) is 0. The summed E-state index contributed by atoms with van der Waals surface area (Å²) < 4.78 is 0. The Kier molecular flexibility index (Phi) is 13.5. The number of hydrogen-bond donors (Lipinski definition) is 5. The van der Waals surface area contributed by atoms with Crippen molar-refractivity contribution in [1.29, 1.82) is 0 Å². The van der Waals surface area contributed by atoms with Gasteiger partial charge in [0.05, 0.1) is 0 Å². The van der Waals surface area contributed by atoms with E-state index < -0.39 is 23.9 Å². The first-order valence-electron chi connectivity index (χ1n) is 12.2. The largest absolute Gasteiger partial charge is 0.370 e. The molecule has 0 bridgehead atoms. The Labute approximate surface area is 213 Å². The standard InChI is InChI=1S/C26H40N6O4/c1-17(2)16-20(24(35)29-14-8-9-15-30-26(27)28)31-25(36)23(18(3)4)32-22(34)13-12-21(33)19-10-6-5-7-11-19/h5-7,10-13,17-18,20,23H,8-9,14-16H2,1-4H3,(H,29,35)(H,31,36)(H,32,34)(H4,27,28,30)/b13-12+. The van der Waals surface area contributed by atoms with Gasteiger partial charge in [0, 0.05) is 24.7 Å². The van der Waals surface area contributed by atoms with Crippen LogP contribution in [0.15, 0.2) is 47.5 Å². The number of unbranched alkanes of at least 4 members (excludes halogenated alkanes) is 1. The summed E-state index contributed by atoms with van der Waals surface area (Å²) in [4.78, 5) is 54.3. The number of rotatable bonds is 15. The molecule has 0 heterocycles. The van der Waals surface area contributed by atoms with E-state index in [4.69, 9.17) is 11.5 Å². The molecule has 0 fully saturated rings. The first-order chi connectivity index (χ1) is 17.0. The summed E-state index contributed by atoms with van der Waals surface area (Å²) in [5.74, 6) is -1.70. The number of hydrogen-bond acceptors (Lipinski definition) is 5. The number of ketones is 1. The Bertz CT molecular complexity index is 924. The Morgan fingerprint density at radius 3 is 2.17 bits per heavy atom. The molecule has 0 aliphatic carbocycles. The predicted molar refractivity (Wildman–Crippen MR) is 141 cm³/mol. The second kappa shape index (κ2) is 16.1. The van der Waals surface area contributed by atoms with E-state index in [2.05, 4.69) is 20.9 Å².